The number of rotatable bonds is 2. The molecular weight excluding hydrogens is 238 g/mol. The van der Waals surface area contributed by atoms with Gasteiger partial charge in [-0.2, -0.15) is 0 Å². The normalized spacial score (nSPS) is 18.8. The summed E-state index contributed by atoms with van der Waals surface area (Å²) in [6.07, 6.45) is 2.33. The number of aryl methyl sites for hydroxylation is 1. The van der Waals surface area contributed by atoms with Crippen molar-refractivity contribution in [3.63, 3.8) is 0 Å². The van der Waals surface area contributed by atoms with Gasteiger partial charge in [-0.3, -0.25) is 0 Å². The van der Waals surface area contributed by atoms with Crippen molar-refractivity contribution in [1.82, 2.24) is 0 Å². The smallest absolute Gasteiger partial charge is 0.238 e. The zero-order valence-corrected chi connectivity index (χ0v) is 10.8. The third kappa shape index (κ3) is 1.99. The minimum Gasteiger partial charge on any atom is -0.385 e. The second-order valence-electron chi connectivity index (χ2n) is 4.81. The van der Waals surface area contributed by atoms with Crippen molar-refractivity contribution < 1.29 is 13.5 Å². The first-order valence-electron chi connectivity index (χ1n) is 5.61. The summed E-state index contributed by atoms with van der Waals surface area (Å²) in [6.45, 7) is 3.59. The molecule has 94 valence electrons. The van der Waals surface area contributed by atoms with E-state index in [0.717, 1.165) is 17.5 Å². The average molecular weight is 255 g/mol. The second-order valence-corrected chi connectivity index (χ2v) is 6.34. The highest BCUT2D eigenvalue weighted by molar-refractivity contribution is 7.89. The summed E-state index contributed by atoms with van der Waals surface area (Å²) < 4.78 is 22.9. The maximum Gasteiger partial charge on any atom is 0.238 e. The van der Waals surface area contributed by atoms with E-state index in [4.69, 9.17) is 5.14 Å². The summed E-state index contributed by atoms with van der Waals surface area (Å²) in [5.41, 5.74) is 1.36. The minimum atomic E-state index is -3.73. The Morgan fingerprint density at radius 3 is 2.29 bits per heavy atom. The van der Waals surface area contributed by atoms with Crippen LogP contribution in [0.15, 0.2) is 17.0 Å². The number of hydrogen-bond donors (Lipinski definition) is 2. The monoisotopic (exact) mass is 255 g/mol. The van der Waals surface area contributed by atoms with E-state index in [1.54, 1.807) is 13.0 Å². The largest absolute Gasteiger partial charge is 0.385 e. The summed E-state index contributed by atoms with van der Waals surface area (Å²) in [5, 5.41) is 15.6. The lowest BCUT2D eigenvalue weighted by Crippen LogP contribution is -2.35. The van der Waals surface area contributed by atoms with Gasteiger partial charge in [-0.05, 0) is 55.9 Å². The van der Waals surface area contributed by atoms with Crippen molar-refractivity contribution in [2.24, 2.45) is 5.14 Å². The topological polar surface area (TPSA) is 80.4 Å². The van der Waals surface area contributed by atoms with Gasteiger partial charge in [-0.25, -0.2) is 13.6 Å². The van der Waals surface area contributed by atoms with Gasteiger partial charge in [0.1, 0.15) is 0 Å². The van der Waals surface area contributed by atoms with Crippen LogP contribution in [0.1, 0.15) is 36.0 Å². The van der Waals surface area contributed by atoms with Crippen molar-refractivity contribution in [3.05, 3.63) is 28.8 Å². The Hall–Kier alpha value is -0.910. The van der Waals surface area contributed by atoms with E-state index in [1.165, 1.54) is 6.07 Å². The molecule has 5 heteroatoms. The van der Waals surface area contributed by atoms with Gasteiger partial charge < -0.3 is 5.11 Å². The number of sulfonamides is 1. The molecule has 0 aromatic heterocycles. The molecule has 1 aliphatic carbocycles. The Morgan fingerprint density at radius 2 is 1.88 bits per heavy atom. The number of nitrogens with two attached hydrogens (primary N) is 1. The van der Waals surface area contributed by atoms with Gasteiger partial charge in [0.15, 0.2) is 0 Å². The number of hydrogen-bond acceptors (Lipinski definition) is 3. The van der Waals surface area contributed by atoms with Crippen LogP contribution < -0.4 is 5.14 Å². The molecule has 1 saturated carbocycles. The second kappa shape index (κ2) is 3.80. The van der Waals surface area contributed by atoms with Gasteiger partial charge >= 0.3 is 0 Å². The Labute approximate surface area is 102 Å². The van der Waals surface area contributed by atoms with Crippen LogP contribution in [0.3, 0.4) is 0 Å². The van der Waals surface area contributed by atoms with Gasteiger partial charge in [0.05, 0.1) is 10.5 Å². The third-order valence-electron chi connectivity index (χ3n) is 3.58. The Bertz CT molecular complexity index is 559. The molecule has 0 saturated heterocycles. The zero-order valence-electron chi connectivity index (χ0n) is 10.0. The highest BCUT2D eigenvalue weighted by atomic mass is 32.2. The van der Waals surface area contributed by atoms with E-state index in [2.05, 4.69) is 0 Å². The standard InChI is InChI=1S/C12H17NO3S/c1-8-4-5-10(17(13,15)16)9(2)11(8)12(14)6-3-7-12/h4-5,14H,3,6-7H2,1-2H3,(H2,13,15,16). The summed E-state index contributed by atoms with van der Waals surface area (Å²) in [6, 6.07) is 3.21. The lowest BCUT2D eigenvalue weighted by molar-refractivity contribution is -0.0400. The van der Waals surface area contributed by atoms with E-state index < -0.39 is 15.6 Å². The van der Waals surface area contributed by atoms with E-state index in [9.17, 15) is 13.5 Å². The van der Waals surface area contributed by atoms with Crippen molar-refractivity contribution in [2.75, 3.05) is 0 Å². The molecule has 17 heavy (non-hydrogen) atoms. The highest BCUT2D eigenvalue weighted by Crippen LogP contribution is 2.44. The van der Waals surface area contributed by atoms with E-state index in [-0.39, 0.29) is 4.90 Å². The summed E-state index contributed by atoms with van der Waals surface area (Å²) in [7, 11) is -3.73. The van der Waals surface area contributed by atoms with Gasteiger partial charge in [0.2, 0.25) is 10.0 Å². The molecule has 0 amide bonds. The molecule has 0 spiro atoms. The first-order valence-corrected chi connectivity index (χ1v) is 7.16. The number of primary sulfonamides is 1. The van der Waals surface area contributed by atoms with E-state index in [0.29, 0.717) is 18.4 Å². The molecule has 0 atom stereocenters. The molecule has 3 N–H and O–H groups in total. The average Bonchev–Trinajstić information content (AvgIpc) is 2.12. The van der Waals surface area contributed by atoms with Crippen LogP contribution in [0.4, 0.5) is 0 Å². The Kier molecular flexibility index (Phi) is 2.80. The fourth-order valence-corrected chi connectivity index (χ4v) is 3.40. The van der Waals surface area contributed by atoms with E-state index >= 15 is 0 Å². The van der Waals surface area contributed by atoms with Crippen LogP contribution in [-0.4, -0.2) is 13.5 Å². The fourth-order valence-electron chi connectivity index (χ4n) is 2.61. The molecule has 2 rings (SSSR count). The van der Waals surface area contributed by atoms with Gasteiger partial charge in [-0.1, -0.05) is 6.07 Å². The predicted octanol–water partition coefficient (Wildman–Crippen LogP) is 1.32. The molecule has 1 aromatic carbocycles. The molecule has 4 nitrogen and oxygen atoms in total. The van der Waals surface area contributed by atoms with Crippen molar-refractivity contribution in [1.29, 1.82) is 0 Å². The van der Waals surface area contributed by atoms with Crippen LogP contribution in [0, 0.1) is 13.8 Å². The molecule has 0 radical (unpaired) electrons. The minimum absolute atomic E-state index is 0.110. The Balaban J connectivity index is 2.67. The summed E-state index contributed by atoms with van der Waals surface area (Å²) in [4.78, 5) is 0.110. The first-order chi connectivity index (χ1) is 7.76. The quantitative estimate of drug-likeness (QED) is 0.836. The predicted molar refractivity (Wildman–Crippen MR) is 65.0 cm³/mol. The molecule has 1 aliphatic rings. The molecule has 1 fully saturated rings. The highest BCUT2D eigenvalue weighted by Gasteiger charge is 2.39. The first kappa shape index (κ1) is 12.5. The summed E-state index contributed by atoms with van der Waals surface area (Å²) >= 11 is 0. The SMILES string of the molecule is Cc1ccc(S(N)(=O)=O)c(C)c1C1(O)CCC1. The van der Waals surface area contributed by atoms with Crippen LogP contribution in [0.25, 0.3) is 0 Å². The van der Waals surface area contributed by atoms with Crippen LogP contribution >= 0.6 is 0 Å². The maximum atomic E-state index is 11.4. The Morgan fingerprint density at radius 1 is 1.29 bits per heavy atom. The third-order valence-corrected chi connectivity index (χ3v) is 4.63. The van der Waals surface area contributed by atoms with Crippen molar-refractivity contribution >= 4 is 10.0 Å². The van der Waals surface area contributed by atoms with Crippen LogP contribution in [-0.2, 0) is 15.6 Å². The number of aliphatic hydroxyl groups is 1. The lowest BCUT2D eigenvalue weighted by Gasteiger charge is -2.39. The fraction of sp³-hybridized carbons (Fsp3) is 0.500. The van der Waals surface area contributed by atoms with Gasteiger partial charge in [-0.15, -0.1) is 0 Å². The number of benzene rings is 1. The molecular formula is C12H17NO3S. The van der Waals surface area contributed by atoms with Gasteiger partial charge in [0, 0.05) is 0 Å². The van der Waals surface area contributed by atoms with Gasteiger partial charge in [0.25, 0.3) is 0 Å². The molecule has 0 heterocycles. The zero-order chi connectivity index (χ0) is 12.8. The maximum absolute atomic E-state index is 11.4. The van der Waals surface area contributed by atoms with Crippen LogP contribution in [0.5, 0.6) is 0 Å². The van der Waals surface area contributed by atoms with Crippen LogP contribution in [0.2, 0.25) is 0 Å². The molecule has 0 bridgehead atoms. The lowest BCUT2D eigenvalue weighted by atomic mass is 9.72. The molecule has 0 unspecified atom stereocenters. The summed E-state index contributed by atoms with van der Waals surface area (Å²) in [5.74, 6) is 0. The van der Waals surface area contributed by atoms with E-state index in [1.807, 2.05) is 6.92 Å². The van der Waals surface area contributed by atoms with Crippen molar-refractivity contribution in [3.8, 4) is 0 Å². The molecule has 1 aromatic rings. The molecule has 0 aliphatic heterocycles. The van der Waals surface area contributed by atoms with Crippen molar-refractivity contribution in [2.45, 2.75) is 43.6 Å².